The highest BCUT2D eigenvalue weighted by molar-refractivity contribution is 7.77. The van der Waals surface area contributed by atoms with Crippen molar-refractivity contribution in [1.29, 1.82) is 0 Å². The van der Waals surface area contributed by atoms with Gasteiger partial charge in [-0.3, -0.25) is 0 Å². The number of hydrogen-bond acceptors (Lipinski definition) is 3. The quantitative estimate of drug-likeness (QED) is 0.606. The molecule has 4 heteroatoms. The minimum Gasteiger partial charge on any atom is -0.734 e. The second kappa shape index (κ2) is 3.21. The van der Waals surface area contributed by atoms with E-state index in [9.17, 15) is 4.79 Å². The minimum atomic E-state index is -0.449. The van der Waals surface area contributed by atoms with Crippen LogP contribution in [0, 0.1) is 0 Å². The maximum Gasteiger partial charge on any atom is 0.146 e. The van der Waals surface area contributed by atoms with Crippen LogP contribution in [-0.2, 0) is 12.6 Å². The van der Waals surface area contributed by atoms with E-state index in [1.807, 2.05) is 0 Å². The number of hydrogen-bond donors (Lipinski definition) is 1. The van der Waals surface area contributed by atoms with Gasteiger partial charge in [-0.1, -0.05) is 0 Å². The summed E-state index contributed by atoms with van der Waals surface area (Å²) in [5.41, 5.74) is 0. The molecule has 0 aromatic carbocycles. The SMILES string of the molecule is O=C([S-])c1ccco1.[NH4+]. The number of rotatable bonds is 1. The van der Waals surface area contributed by atoms with E-state index in [1.54, 1.807) is 6.07 Å². The molecule has 3 nitrogen and oxygen atoms in total. The Morgan fingerprint density at radius 3 is 2.56 bits per heavy atom. The molecule has 0 aliphatic heterocycles. The predicted molar refractivity (Wildman–Crippen MR) is 36.4 cm³/mol. The van der Waals surface area contributed by atoms with Crippen molar-refractivity contribution < 1.29 is 9.21 Å². The summed E-state index contributed by atoms with van der Waals surface area (Å²) in [6.07, 6.45) is 1.42. The van der Waals surface area contributed by atoms with Crippen LogP contribution >= 0.6 is 0 Å². The van der Waals surface area contributed by atoms with Crippen LogP contribution in [0.3, 0.4) is 0 Å². The zero-order valence-corrected chi connectivity index (χ0v) is 5.77. The fraction of sp³-hybridized carbons (Fsp3) is 0. The first-order valence-corrected chi connectivity index (χ1v) is 2.46. The molecule has 0 saturated heterocycles. The molecular weight excluding hydrogens is 138 g/mol. The fourth-order valence-corrected chi connectivity index (χ4v) is 0.511. The van der Waals surface area contributed by atoms with Crippen molar-refractivity contribution in [2.75, 3.05) is 0 Å². The molecule has 0 amide bonds. The largest absolute Gasteiger partial charge is 0.734 e. The van der Waals surface area contributed by atoms with E-state index in [4.69, 9.17) is 0 Å². The first kappa shape index (κ1) is 8.13. The van der Waals surface area contributed by atoms with E-state index in [-0.39, 0.29) is 11.9 Å². The van der Waals surface area contributed by atoms with Crippen LogP contribution in [0.2, 0.25) is 0 Å². The normalized spacial score (nSPS) is 8.00. The highest BCUT2D eigenvalue weighted by Crippen LogP contribution is 1.98. The van der Waals surface area contributed by atoms with E-state index in [1.165, 1.54) is 12.3 Å². The third-order valence-electron chi connectivity index (χ3n) is 0.722. The molecule has 9 heavy (non-hydrogen) atoms. The number of quaternary nitrogens is 1. The maximum atomic E-state index is 10.2. The average Bonchev–Trinajstić information content (AvgIpc) is 2.12. The van der Waals surface area contributed by atoms with Gasteiger partial charge >= 0.3 is 0 Å². The van der Waals surface area contributed by atoms with Crippen molar-refractivity contribution in [3.8, 4) is 0 Å². The first-order chi connectivity index (χ1) is 3.80. The summed E-state index contributed by atoms with van der Waals surface area (Å²) in [6.45, 7) is 0. The molecule has 0 spiro atoms. The Morgan fingerprint density at radius 1 is 1.67 bits per heavy atom. The summed E-state index contributed by atoms with van der Waals surface area (Å²) in [5.74, 6) is 0.236. The van der Waals surface area contributed by atoms with Crippen LogP contribution < -0.4 is 6.15 Å². The summed E-state index contributed by atoms with van der Waals surface area (Å²) in [5, 5.41) is -0.449. The summed E-state index contributed by atoms with van der Waals surface area (Å²) < 4.78 is 4.64. The highest BCUT2D eigenvalue weighted by atomic mass is 32.1. The molecule has 0 aliphatic rings. The Hall–Kier alpha value is -0.870. The molecule has 0 aliphatic carbocycles. The van der Waals surface area contributed by atoms with Gasteiger partial charge in [0, 0.05) is 0 Å². The molecule has 0 atom stereocenters. The van der Waals surface area contributed by atoms with E-state index in [0.29, 0.717) is 0 Å². The van der Waals surface area contributed by atoms with Crippen LogP contribution in [0.25, 0.3) is 0 Å². The lowest BCUT2D eigenvalue weighted by Gasteiger charge is -1.94. The van der Waals surface area contributed by atoms with Gasteiger partial charge in [-0.25, -0.2) is 0 Å². The molecule has 0 bridgehead atoms. The highest BCUT2D eigenvalue weighted by Gasteiger charge is 1.89. The van der Waals surface area contributed by atoms with Crippen LogP contribution in [0.15, 0.2) is 22.8 Å². The second-order valence-corrected chi connectivity index (χ2v) is 1.64. The standard InChI is InChI=1S/C5H4O2S.H3N/c6-5(8)4-2-1-3-7-4;/h1-3H,(H,6,8);1H3. The molecule has 50 valence electrons. The third kappa shape index (κ3) is 1.83. The zero-order valence-electron chi connectivity index (χ0n) is 4.96. The van der Waals surface area contributed by atoms with Gasteiger partial charge in [0.2, 0.25) is 0 Å². The molecule has 0 saturated carbocycles. The zero-order chi connectivity index (χ0) is 5.98. The molecule has 4 N–H and O–H groups in total. The van der Waals surface area contributed by atoms with Crippen LogP contribution in [0.1, 0.15) is 10.6 Å². The van der Waals surface area contributed by atoms with Crippen LogP contribution in [-0.4, -0.2) is 5.12 Å². The summed E-state index contributed by atoms with van der Waals surface area (Å²) in [7, 11) is 0. The van der Waals surface area contributed by atoms with E-state index < -0.39 is 5.12 Å². The monoisotopic (exact) mass is 145 g/mol. The lowest BCUT2D eigenvalue weighted by atomic mass is 10.5. The van der Waals surface area contributed by atoms with Gasteiger partial charge in [0.25, 0.3) is 0 Å². The number of furan rings is 1. The van der Waals surface area contributed by atoms with Gasteiger partial charge < -0.3 is 28.0 Å². The Labute approximate surface area is 58.0 Å². The number of carbonyl (C=O) groups excluding carboxylic acids is 1. The molecule has 0 fully saturated rings. The van der Waals surface area contributed by atoms with Gasteiger partial charge in [0.05, 0.1) is 11.4 Å². The maximum absolute atomic E-state index is 10.2. The third-order valence-corrected chi connectivity index (χ3v) is 0.924. The average molecular weight is 145 g/mol. The van der Waals surface area contributed by atoms with E-state index in [0.717, 1.165) is 0 Å². The predicted octanol–water partition coefficient (Wildman–Crippen LogP) is 1.34. The van der Waals surface area contributed by atoms with Crippen molar-refractivity contribution in [3.63, 3.8) is 0 Å². The molecule has 1 rings (SSSR count). The Balaban J connectivity index is 0.000000640. The van der Waals surface area contributed by atoms with Gasteiger partial charge in [0.15, 0.2) is 0 Å². The van der Waals surface area contributed by atoms with Gasteiger partial charge in [-0.15, -0.1) is 0 Å². The smallest absolute Gasteiger partial charge is 0.146 e. The Morgan fingerprint density at radius 2 is 2.33 bits per heavy atom. The lowest BCUT2D eigenvalue weighted by molar-refractivity contribution is 0.106. The van der Waals surface area contributed by atoms with Crippen molar-refractivity contribution in [1.82, 2.24) is 6.15 Å². The molecule has 1 heterocycles. The summed E-state index contributed by atoms with van der Waals surface area (Å²) in [4.78, 5) is 10.2. The lowest BCUT2D eigenvalue weighted by Crippen LogP contribution is -1.86. The molecule has 0 unspecified atom stereocenters. The minimum absolute atomic E-state index is 0. The molecule has 1 aromatic heterocycles. The molecule has 1 aromatic rings. The summed E-state index contributed by atoms with van der Waals surface area (Å²) in [6, 6.07) is 3.16. The van der Waals surface area contributed by atoms with Gasteiger partial charge in [0.1, 0.15) is 5.76 Å². The number of carbonyl (C=O) groups is 1. The van der Waals surface area contributed by atoms with Crippen LogP contribution in [0.4, 0.5) is 0 Å². The van der Waals surface area contributed by atoms with Crippen molar-refractivity contribution in [2.24, 2.45) is 0 Å². The van der Waals surface area contributed by atoms with Crippen molar-refractivity contribution >= 4 is 17.7 Å². The topological polar surface area (TPSA) is 66.7 Å². The molecular formula is C5H7NO2S. The van der Waals surface area contributed by atoms with Gasteiger partial charge in [-0.05, 0) is 12.1 Å². The van der Waals surface area contributed by atoms with Crippen molar-refractivity contribution in [3.05, 3.63) is 24.2 Å². The van der Waals surface area contributed by atoms with Gasteiger partial charge in [-0.2, -0.15) is 0 Å². The van der Waals surface area contributed by atoms with Crippen LogP contribution in [0.5, 0.6) is 0 Å². The first-order valence-electron chi connectivity index (χ1n) is 2.05. The Bertz CT molecular complexity index is 183. The summed E-state index contributed by atoms with van der Waals surface area (Å²) >= 11 is 4.27. The van der Waals surface area contributed by atoms with Crippen molar-refractivity contribution in [2.45, 2.75) is 0 Å². The Kier molecular flexibility index (Phi) is 2.90. The molecule has 0 radical (unpaired) electrons. The van der Waals surface area contributed by atoms with E-state index >= 15 is 0 Å². The fourth-order valence-electron chi connectivity index (χ4n) is 0.395. The van der Waals surface area contributed by atoms with E-state index in [2.05, 4.69) is 17.0 Å². The second-order valence-electron chi connectivity index (χ2n) is 1.26.